The van der Waals surface area contributed by atoms with Crippen LogP contribution in [0.4, 0.5) is 4.39 Å². The molecule has 2 nitrogen and oxygen atoms in total. The summed E-state index contributed by atoms with van der Waals surface area (Å²) >= 11 is 3.33. The molecule has 0 bridgehead atoms. The van der Waals surface area contributed by atoms with E-state index in [2.05, 4.69) is 28.2 Å². The molecular weight excluding hydrogens is 321 g/mol. The van der Waals surface area contributed by atoms with Gasteiger partial charge in [0, 0.05) is 16.1 Å². The van der Waals surface area contributed by atoms with Gasteiger partial charge in [0.05, 0.1) is 0 Å². The third kappa shape index (κ3) is 3.81. The molecular formula is C16H17BrFNO. The SMILES string of the molecule is CNC(C)c1cccc(OCc2cc(Br)ccc2F)c1. The van der Waals surface area contributed by atoms with Gasteiger partial charge in [0.1, 0.15) is 18.2 Å². The van der Waals surface area contributed by atoms with Crippen molar-refractivity contribution >= 4 is 15.9 Å². The standard InChI is InChI=1S/C16H17BrFNO/c1-11(19-2)12-4-3-5-15(9-12)20-10-13-8-14(17)6-7-16(13)18/h3-9,11,19H,10H2,1-2H3. The van der Waals surface area contributed by atoms with Crippen LogP contribution in [-0.4, -0.2) is 7.05 Å². The largest absolute Gasteiger partial charge is 0.489 e. The summed E-state index contributed by atoms with van der Waals surface area (Å²) in [4.78, 5) is 0. The fourth-order valence-corrected chi connectivity index (χ4v) is 2.26. The molecule has 2 aromatic rings. The van der Waals surface area contributed by atoms with Gasteiger partial charge in [-0.2, -0.15) is 0 Å². The summed E-state index contributed by atoms with van der Waals surface area (Å²) in [5.41, 5.74) is 1.67. The Kier molecular flexibility index (Phi) is 5.15. The van der Waals surface area contributed by atoms with E-state index in [1.807, 2.05) is 31.3 Å². The highest BCUT2D eigenvalue weighted by molar-refractivity contribution is 9.10. The molecule has 0 amide bonds. The maximum absolute atomic E-state index is 13.6. The zero-order chi connectivity index (χ0) is 14.5. The molecule has 0 aliphatic carbocycles. The minimum atomic E-state index is -0.257. The van der Waals surface area contributed by atoms with Crippen molar-refractivity contribution in [3.63, 3.8) is 0 Å². The van der Waals surface area contributed by atoms with Crippen LogP contribution in [0.2, 0.25) is 0 Å². The molecule has 0 heterocycles. The summed E-state index contributed by atoms with van der Waals surface area (Å²) < 4.78 is 20.1. The normalized spacial score (nSPS) is 12.2. The van der Waals surface area contributed by atoms with Gasteiger partial charge in [-0.05, 0) is 49.9 Å². The molecule has 2 aromatic carbocycles. The van der Waals surface area contributed by atoms with Crippen molar-refractivity contribution in [2.75, 3.05) is 7.05 Å². The van der Waals surface area contributed by atoms with Gasteiger partial charge in [-0.3, -0.25) is 0 Å². The van der Waals surface area contributed by atoms with Gasteiger partial charge < -0.3 is 10.1 Å². The van der Waals surface area contributed by atoms with E-state index in [-0.39, 0.29) is 18.5 Å². The highest BCUT2D eigenvalue weighted by Crippen LogP contribution is 2.21. The van der Waals surface area contributed by atoms with Gasteiger partial charge in [-0.1, -0.05) is 28.1 Å². The number of hydrogen-bond acceptors (Lipinski definition) is 2. The van der Waals surface area contributed by atoms with Gasteiger partial charge >= 0.3 is 0 Å². The molecule has 0 fully saturated rings. The molecule has 1 unspecified atom stereocenters. The Balaban J connectivity index is 2.09. The minimum absolute atomic E-state index is 0.211. The van der Waals surface area contributed by atoms with Gasteiger partial charge in [0.25, 0.3) is 0 Å². The molecule has 0 aliphatic rings. The van der Waals surface area contributed by atoms with E-state index in [1.165, 1.54) is 6.07 Å². The maximum atomic E-state index is 13.6. The third-order valence-corrected chi connectivity index (χ3v) is 3.69. The highest BCUT2D eigenvalue weighted by atomic mass is 79.9. The molecule has 0 aromatic heterocycles. The van der Waals surface area contributed by atoms with Gasteiger partial charge in [-0.15, -0.1) is 0 Å². The molecule has 1 N–H and O–H groups in total. The van der Waals surface area contributed by atoms with Crippen LogP contribution in [-0.2, 0) is 6.61 Å². The molecule has 1 atom stereocenters. The van der Waals surface area contributed by atoms with E-state index >= 15 is 0 Å². The van der Waals surface area contributed by atoms with Crippen molar-refractivity contribution in [1.82, 2.24) is 5.32 Å². The van der Waals surface area contributed by atoms with Crippen LogP contribution in [0.25, 0.3) is 0 Å². The number of rotatable bonds is 5. The summed E-state index contributed by atoms with van der Waals surface area (Å²) in [6.45, 7) is 2.29. The summed E-state index contributed by atoms with van der Waals surface area (Å²) in [5, 5.41) is 3.18. The lowest BCUT2D eigenvalue weighted by Gasteiger charge is -2.13. The Morgan fingerprint density at radius 2 is 2.05 bits per heavy atom. The maximum Gasteiger partial charge on any atom is 0.129 e. The number of benzene rings is 2. The molecule has 106 valence electrons. The van der Waals surface area contributed by atoms with E-state index in [9.17, 15) is 4.39 Å². The lowest BCUT2D eigenvalue weighted by molar-refractivity contribution is 0.299. The Morgan fingerprint density at radius 1 is 1.25 bits per heavy atom. The summed E-state index contributed by atoms with van der Waals surface area (Å²) in [5.74, 6) is 0.483. The van der Waals surface area contributed by atoms with Crippen LogP contribution in [0.3, 0.4) is 0 Å². The van der Waals surface area contributed by atoms with Crippen LogP contribution >= 0.6 is 15.9 Å². The van der Waals surface area contributed by atoms with Crippen molar-refractivity contribution in [3.8, 4) is 5.75 Å². The average Bonchev–Trinajstić information content (AvgIpc) is 2.47. The second kappa shape index (κ2) is 6.86. The topological polar surface area (TPSA) is 21.3 Å². The monoisotopic (exact) mass is 337 g/mol. The Bertz CT molecular complexity index is 588. The third-order valence-electron chi connectivity index (χ3n) is 3.19. The van der Waals surface area contributed by atoms with Crippen LogP contribution in [0, 0.1) is 5.82 Å². The molecule has 4 heteroatoms. The molecule has 0 saturated heterocycles. The highest BCUT2D eigenvalue weighted by Gasteiger charge is 2.06. The fraction of sp³-hybridized carbons (Fsp3) is 0.250. The predicted octanol–water partition coefficient (Wildman–Crippen LogP) is 4.45. The average molecular weight is 338 g/mol. The molecule has 0 radical (unpaired) electrons. The summed E-state index contributed by atoms with van der Waals surface area (Å²) in [6.07, 6.45) is 0. The smallest absolute Gasteiger partial charge is 0.129 e. The quantitative estimate of drug-likeness (QED) is 0.870. The first-order valence-corrected chi connectivity index (χ1v) is 7.23. The second-order valence-electron chi connectivity index (χ2n) is 4.61. The number of hydrogen-bond donors (Lipinski definition) is 1. The van der Waals surface area contributed by atoms with Crippen molar-refractivity contribution in [3.05, 3.63) is 63.9 Å². The lowest BCUT2D eigenvalue weighted by atomic mass is 10.1. The van der Waals surface area contributed by atoms with Gasteiger partial charge in [-0.25, -0.2) is 4.39 Å². The molecule has 0 spiro atoms. The second-order valence-corrected chi connectivity index (χ2v) is 5.52. The first-order chi connectivity index (χ1) is 9.60. The first-order valence-electron chi connectivity index (χ1n) is 6.44. The minimum Gasteiger partial charge on any atom is -0.489 e. The summed E-state index contributed by atoms with van der Waals surface area (Å²) in [7, 11) is 1.91. The summed E-state index contributed by atoms with van der Waals surface area (Å²) in [6, 6.07) is 12.9. The van der Waals surface area contributed by atoms with E-state index in [0.29, 0.717) is 5.56 Å². The van der Waals surface area contributed by atoms with Gasteiger partial charge in [0.2, 0.25) is 0 Å². The van der Waals surface area contributed by atoms with Crippen LogP contribution in [0.1, 0.15) is 24.1 Å². The number of nitrogens with one attached hydrogen (secondary N) is 1. The Labute approximate surface area is 127 Å². The van der Waals surface area contributed by atoms with Crippen LogP contribution < -0.4 is 10.1 Å². The van der Waals surface area contributed by atoms with Gasteiger partial charge in [0.15, 0.2) is 0 Å². The Hall–Kier alpha value is -1.39. The van der Waals surface area contributed by atoms with E-state index in [4.69, 9.17) is 4.74 Å². The van der Waals surface area contributed by atoms with E-state index in [0.717, 1.165) is 15.8 Å². The van der Waals surface area contributed by atoms with E-state index < -0.39 is 0 Å². The predicted molar refractivity (Wildman–Crippen MR) is 82.3 cm³/mol. The van der Waals surface area contributed by atoms with Crippen LogP contribution in [0.15, 0.2) is 46.9 Å². The van der Waals surface area contributed by atoms with Crippen LogP contribution in [0.5, 0.6) is 5.75 Å². The lowest BCUT2D eigenvalue weighted by Crippen LogP contribution is -2.12. The molecule has 0 aliphatic heterocycles. The number of ether oxygens (including phenoxy) is 1. The van der Waals surface area contributed by atoms with Crippen molar-refractivity contribution in [2.24, 2.45) is 0 Å². The Morgan fingerprint density at radius 3 is 2.80 bits per heavy atom. The van der Waals surface area contributed by atoms with E-state index in [1.54, 1.807) is 12.1 Å². The zero-order valence-corrected chi connectivity index (χ0v) is 13.1. The zero-order valence-electron chi connectivity index (χ0n) is 11.5. The molecule has 20 heavy (non-hydrogen) atoms. The van der Waals surface area contributed by atoms with Crippen molar-refractivity contribution in [1.29, 1.82) is 0 Å². The molecule has 2 rings (SSSR count). The first kappa shape index (κ1) is 15.0. The van der Waals surface area contributed by atoms with Crippen molar-refractivity contribution < 1.29 is 9.13 Å². The van der Waals surface area contributed by atoms with Crippen molar-refractivity contribution in [2.45, 2.75) is 19.6 Å². The molecule has 0 saturated carbocycles. The number of halogens is 2. The fourth-order valence-electron chi connectivity index (χ4n) is 1.86.